The van der Waals surface area contributed by atoms with Crippen LogP contribution in [0.5, 0.6) is 0 Å². The number of hydrogen-bond donors (Lipinski definition) is 0. The van der Waals surface area contributed by atoms with E-state index in [9.17, 15) is 21.0 Å². The molecule has 2 atom stereocenters. The SMILES string of the molecule is CCCCCCCCCCCCC(CCCCCCCCCC)c1cc(=C(C#N)C#N)s/c1=c1\cc2s/c(=c3/sc(=C(C#N)C#N)cc3C(CCCCCCCCCC)CCCCCCCCCCCC)cc2s1. The van der Waals surface area contributed by atoms with Crippen LogP contribution in [0.25, 0.3) is 20.5 Å². The number of thiophene rings is 4. The number of nitrogens with zero attached hydrogens (tertiary/aromatic N) is 4. The predicted octanol–water partition coefficient (Wildman–Crippen LogP) is 21.9. The first-order valence-electron chi connectivity index (χ1n) is 30.6. The van der Waals surface area contributed by atoms with Crippen molar-refractivity contribution in [2.75, 3.05) is 0 Å². The quantitative estimate of drug-likeness (QED) is 0.0413. The molecule has 4 rings (SSSR count). The molecule has 4 aromatic rings. The summed E-state index contributed by atoms with van der Waals surface area (Å²) in [6, 6.07) is 18.2. The van der Waals surface area contributed by atoms with Gasteiger partial charge in [0.05, 0.1) is 9.06 Å². The fourth-order valence-corrected chi connectivity index (χ4v) is 16.1. The van der Waals surface area contributed by atoms with Crippen LogP contribution in [0.3, 0.4) is 0 Å². The largest absolute Gasteiger partial charge is 0.192 e. The maximum Gasteiger partial charge on any atom is 0.146 e. The zero-order valence-electron chi connectivity index (χ0n) is 47.2. The van der Waals surface area contributed by atoms with E-state index in [4.69, 9.17) is 0 Å². The molecule has 0 aliphatic heterocycles. The molecule has 4 aromatic heterocycles. The summed E-state index contributed by atoms with van der Waals surface area (Å²) < 4.78 is 9.13. The van der Waals surface area contributed by atoms with Crippen molar-refractivity contribution in [3.05, 3.63) is 62.6 Å². The highest BCUT2D eigenvalue weighted by molar-refractivity contribution is 7.26. The Hall–Kier alpha value is -3.24. The summed E-state index contributed by atoms with van der Waals surface area (Å²) in [7, 11) is 0. The highest BCUT2D eigenvalue weighted by Gasteiger charge is 2.19. The second-order valence-electron chi connectivity index (χ2n) is 21.8. The van der Waals surface area contributed by atoms with Crippen molar-refractivity contribution in [3.63, 3.8) is 0 Å². The molecule has 4 nitrogen and oxygen atoms in total. The van der Waals surface area contributed by atoms with E-state index < -0.39 is 0 Å². The minimum absolute atomic E-state index is 0.221. The third-order valence-corrected chi connectivity index (χ3v) is 20.6. The topological polar surface area (TPSA) is 95.2 Å². The minimum Gasteiger partial charge on any atom is -0.192 e. The third kappa shape index (κ3) is 23.2. The van der Waals surface area contributed by atoms with Crippen molar-refractivity contribution in [1.29, 1.82) is 21.0 Å². The molecular formula is C66H98N4S4. The summed E-state index contributed by atoms with van der Waals surface area (Å²) in [6.45, 7) is 9.16. The zero-order valence-corrected chi connectivity index (χ0v) is 50.4. The summed E-state index contributed by atoms with van der Waals surface area (Å²) in [4.78, 5) is 0. The standard InChI is InChI=1S/C66H98N4S4/c1-5-9-13-17-21-25-27-31-35-39-43-53(41-37-33-29-23-19-15-11-7-3)57-45-59(55(49-67)50-68)73-65(57)63-47-61-62(71-63)48-64(72-61)66-58(46-60(74-66)56(51-69)52-70)54(42-38-34-30-24-20-16-12-8-4)44-40-36-32-28-26-22-18-14-10-6-2/h45-48,53-54H,5-44H2,1-4H3/b65-63+,66-64+. The molecule has 0 saturated carbocycles. The van der Waals surface area contributed by atoms with Gasteiger partial charge in [0.25, 0.3) is 0 Å². The minimum atomic E-state index is 0.221. The van der Waals surface area contributed by atoms with Gasteiger partial charge in [-0.25, -0.2) is 0 Å². The predicted molar refractivity (Wildman–Crippen MR) is 325 cm³/mol. The number of nitriles is 4. The normalized spacial score (nSPS) is 13.1. The van der Waals surface area contributed by atoms with Crippen LogP contribution in [0.15, 0.2) is 24.3 Å². The summed E-state index contributed by atoms with van der Waals surface area (Å²) >= 11 is 7.01. The van der Waals surface area contributed by atoms with Gasteiger partial charge in [-0.3, -0.25) is 0 Å². The van der Waals surface area contributed by atoms with E-state index in [-0.39, 0.29) is 11.1 Å². The molecule has 0 fully saturated rings. The molecule has 0 amide bonds. The van der Waals surface area contributed by atoms with E-state index in [0.717, 1.165) is 34.7 Å². The lowest BCUT2D eigenvalue weighted by Gasteiger charge is -2.16. The van der Waals surface area contributed by atoms with E-state index in [1.54, 1.807) is 22.7 Å². The fourth-order valence-electron chi connectivity index (χ4n) is 11.1. The van der Waals surface area contributed by atoms with Crippen LogP contribution in [0.2, 0.25) is 0 Å². The van der Waals surface area contributed by atoms with E-state index >= 15 is 0 Å². The van der Waals surface area contributed by atoms with Crippen LogP contribution >= 0.6 is 45.3 Å². The van der Waals surface area contributed by atoms with Crippen LogP contribution < -0.4 is 9.06 Å². The summed E-state index contributed by atoms with van der Waals surface area (Å²) in [5.41, 5.74) is 3.13. The zero-order chi connectivity index (χ0) is 52.9. The molecule has 0 aliphatic carbocycles. The molecule has 0 N–H and O–H groups in total. The van der Waals surface area contributed by atoms with E-state index in [2.05, 4.69) is 76.2 Å². The van der Waals surface area contributed by atoms with E-state index in [1.807, 2.05) is 22.7 Å². The summed E-state index contributed by atoms with van der Waals surface area (Å²) in [5.74, 6) is 0.814. The van der Waals surface area contributed by atoms with Crippen molar-refractivity contribution in [2.24, 2.45) is 0 Å². The highest BCUT2D eigenvalue weighted by atomic mass is 32.1. The maximum absolute atomic E-state index is 10.1. The summed E-state index contributed by atoms with van der Waals surface area (Å²) in [5, 5.41) is 40.5. The third-order valence-electron chi connectivity index (χ3n) is 15.6. The van der Waals surface area contributed by atoms with Crippen LogP contribution in [0, 0.1) is 63.5 Å². The Kier molecular flexibility index (Phi) is 34.2. The Balaban J connectivity index is 1.72. The van der Waals surface area contributed by atoms with Gasteiger partial charge in [-0.15, -0.1) is 45.3 Å². The van der Waals surface area contributed by atoms with Gasteiger partial charge in [0.15, 0.2) is 0 Å². The van der Waals surface area contributed by atoms with Crippen molar-refractivity contribution >= 4 is 65.9 Å². The Morgan fingerprint density at radius 1 is 0.324 bits per heavy atom. The maximum atomic E-state index is 10.1. The highest BCUT2D eigenvalue weighted by Crippen LogP contribution is 2.37. The number of rotatable bonds is 42. The van der Waals surface area contributed by atoms with Gasteiger partial charge in [0.1, 0.15) is 35.4 Å². The van der Waals surface area contributed by atoms with Crippen molar-refractivity contribution < 1.29 is 0 Å². The van der Waals surface area contributed by atoms with Gasteiger partial charge >= 0.3 is 0 Å². The molecule has 2 unspecified atom stereocenters. The molecule has 8 heteroatoms. The molecule has 74 heavy (non-hydrogen) atoms. The molecule has 0 bridgehead atoms. The lowest BCUT2D eigenvalue weighted by Crippen LogP contribution is -2.02. The van der Waals surface area contributed by atoms with Gasteiger partial charge in [-0.1, -0.05) is 259 Å². The smallest absolute Gasteiger partial charge is 0.146 e. The number of unbranched alkanes of at least 4 members (excludes halogenated alkanes) is 32. The first kappa shape index (κ1) is 63.3. The van der Waals surface area contributed by atoms with E-state index in [1.165, 1.54) is 270 Å². The van der Waals surface area contributed by atoms with Crippen molar-refractivity contribution in [1.82, 2.24) is 0 Å². The molecule has 0 spiro atoms. The molecule has 0 aromatic carbocycles. The first-order chi connectivity index (χ1) is 36.5. The number of fused-ring (bicyclic) bond motifs is 1. The van der Waals surface area contributed by atoms with Crippen LogP contribution in [0.4, 0.5) is 0 Å². The Bertz CT molecular complexity index is 2390. The van der Waals surface area contributed by atoms with E-state index in [0.29, 0.717) is 11.8 Å². The Morgan fingerprint density at radius 2 is 0.554 bits per heavy atom. The molecular weight excluding hydrogens is 977 g/mol. The van der Waals surface area contributed by atoms with Gasteiger partial charge in [0.2, 0.25) is 0 Å². The van der Waals surface area contributed by atoms with Crippen molar-refractivity contribution in [2.45, 2.75) is 296 Å². The van der Waals surface area contributed by atoms with Gasteiger partial charge in [-0.2, -0.15) is 21.0 Å². The van der Waals surface area contributed by atoms with Gasteiger partial charge in [0, 0.05) is 27.5 Å². The Morgan fingerprint density at radius 3 is 0.784 bits per heavy atom. The molecule has 0 radical (unpaired) electrons. The van der Waals surface area contributed by atoms with Gasteiger partial charge < -0.3 is 0 Å². The average Bonchev–Trinajstić information content (AvgIpc) is 4.22. The monoisotopic (exact) mass is 1070 g/mol. The molecule has 0 saturated heterocycles. The fraction of sp³-hybridized carbons (Fsp3) is 0.697. The molecule has 406 valence electrons. The van der Waals surface area contributed by atoms with Crippen LogP contribution in [-0.4, -0.2) is 0 Å². The average molecular weight is 1080 g/mol. The van der Waals surface area contributed by atoms with Crippen molar-refractivity contribution in [3.8, 4) is 24.3 Å². The van der Waals surface area contributed by atoms with Crippen LogP contribution in [0.1, 0.15) is 307 Å². The lowest BCUT2D eigenvalue weighted by molar-refractivity contribution is 0.481. The lowest BCUT2D eigenvalue weighted by atomic mass is 9.88. The first-order valence-corrected chi connectivity index (χ1v) is 33.9. The number of hydrogen-bond acceptors (Lipinski definition) is 8. The second kappa shape index (κ2) is 40.0. The second-order valence-corrected chi connectivity index (χ2v) is 26.1. The molecule has 0 aliphatic rings. The van der Waals surface area contributed by atoms with Crippen LogP contribution in [-0.2, 0) is 0 Å². The summed E-state index contributed by atoms with van der Waals surface area (Å²) in [6.07, 6.45) is 52.1. The molecule has 4 heterocycles. The van der Waals surface area contributed by atoms with Gasteiger partial charge in [-0.05, 0) is 72.9 Å². The Labute approximate surface area is 467 Å².